The third kappa shape index (κ3) is 3.96. The maximum Gasteiger partial charge on any atom is 0.0175 e. The van der Waals surface area contributed by atoms with E-state index in [1.165, 1.54) is 5.56 Å². The lowest BCUT2D eigenvalue weighted by Gasteiger charge is -2.23. The van der Waals surface area contributed by atoms with Gasteiger partial charge in [-0.2, -0.15) is 0 Å². The van der Waals surface area contributed by atoms with Crippen LogP contribution >= 0.6 is 15.9 Å². The van der Waals surface area contributed by atoms with Gasteiger partial charge >= 0.3 is 0 Å². The molecule has 2 unspecified atom stereocenters. The second-order valence-corrected chi connectivity index (χ2v) is 5.51. The van der Waals surface area contributed by atoms with Crippen molar-refractivity contribution >= 4 is 15.9 Å². The molecule has 0 aliphatic heterocycles. The van der Waals surface area contributed by atoms with Crippen molar-refractivity contribution in [3.8, 4) is 0 Å². The third-order valence-electron chi connectivity index (χ3n) is 3.11. The van der Waals surface area contributed by atoms with Crippen LogP contribution in [0.25, 0.3) is 0 Å². The fourth-order valence-electron chi connectivity index (χ4n) is 1.57. The number of nitrogens with two attached hydrogens (primary N) is 1. The first-order chi connectivity index (χ1) is 7.00. The van der Waals surface area contributed by atoms with Gasteiger partial charge in [0, 0.05) is 10.5 Å². The maximum atomic E-state index is 6.18. The molecule has 84 valence electrons. The zero-order valence-corrected chi connectivity index (χ0v) is 11.3. The molecule has 2 heteroatoms. The number of hydrogen-bond donors (Lipinski definition) is 1. The summed E-state index contributed by atoms with van der Waals surface area (Å²) in [7, 11) is 0. The van der Waals surface area contributed by atoms with Gasteiger partial charge in [-0.1, -0.05) is 48.8 Å². The van der Waals surface area contributed by atoms with Gasteiger partial charge in [-0.25, -0.2) is 0 Å². The van der Waals surface area contributed by atoms with E-state index < -0.39 is 0 Å². The first kappa shape index (κ1) is 12.7. The van der Waals surface area contributed by atoms with E-state index in [0.717, 1.165) is 10.9 Å². The average molecular weight is 270 g/mol. The molecular formula is C13H20BrN. The quantitative estimate of drug-likeness (QED) is 0.888. The highest BCUT2D eigenvalue weighted by Crippen LogP contribution is 2.18. The van der Waals surface area contributed by atoms with Crippen molar-refractivity contribution in [2.24, 2.45) is 17.6 Å². The fourth-order valence-corrected chi connectivity index (χ4v) is 1.84. The van der Waals surface area contributed by atoms with E-state index in [0.29, 0.717) is 11.8 Å². The number of hydrogen-bond acceptors (Lipinski definition) is 1. The largest absolute Gasteiger partial charge is 0.327 e. The van der Waals surface area contributed by atoms with Crippen molar-refractivity contribution in [2.75, 3.05) is 0 Å². The van der Waals surface area contributed by atoms with Crippen LogP contribution < -0.4 is 5.73 Å². The summed E-state index contributed by atoms with van der Waals surface area (Å²) in [6, 6.07) is 8.67. The fraction of sp³-hybridized carbons (Fsp3) is 0.538. The molecule has 0 fully saturated rings. The van der Waals surface area contributed by atoms with Gasteiger partial charge in [0.15, 0.2) is 0 Å². The van der Waals surface area contributed by atoms with Crippen molar-refractivity contribution in [1.29, 1.82) is 0 Å². The molecule has 0 saturated carbocycles. The molecule has 15 heavy (non-hydrogen) atoms. The molecule has 0 aromatic heterocycles. The Morgan fingerprint density at radius 2 is 1.67 bits per heavy atom. The van der Waals surface area contributed by atoms with Crippen LogP contribution in [0.5, 0.6) is 0 Å². The van der Waals surface area contributed by atoms with E-state index in [1.54, 1.807) is 0 Å². The summed E-state index contributed by atoms with van der Waals surface area (Å²) >= 11 is 3.43. The molecule has 0 aliphatic rings. The van der Waals surface area contributed by atoms with Gasteiger partial charge in [0.25, 0.3) is 0 Å². The van der Waals surface area contributed by atoms with Gasteiger partial charge in [0.1, 0.15) is 0 Å². The van der Waals surface area contributed by atoms with Gasteiger partial charge < -0.3 is 5.73 Å². The highest BCUT2D eigenvalue weighted by atomic mass is 79.9. The zero-order valence-electron chi connectivity index (χ0n) is 9.70. The number of benzene rings is 1. The van der Waals surface area contributed by atoms with Crippen LogP contribution in [0.15, 0.2) is 28.7 Å². The Bertz CT molecular complexity index is 292. The van der Waals surface area contributed by atoms with Crippen molar-refractivity contribution < 1.29 is 0 Å². The topological polar surface area (TPSA) is 26.0 Å². The number of rotatable bonds is 4. The molecule has 1 rings (SSSR count). The molecule has 2 atom stereocenters. The Morgan fingerprint density at radius 3 is 2.13 bits per heavy atom. The first-order valence-electron chi connectivity index (χ1n) is 5.50. The predicted molar refractivity (Wildman–Crippen MR) is 69.8 cm³/mol. The Morgan fingerprint density at radius 1 is 1.13 bits per heavy atom. The minimum Gasteiger partial charge on any atom is -0.327 e. The first-order valence-corrected chi connectivity index (χ1v) is 6.30. The van der Waals surface area contributed by atoms with E-state index in [-0.39, 0.29) is 6.04 Å². The van der Waals surface area contributed by atoms with Crippen LogP contribution in [0.4, 0.5) is 0 Å². The van der Waals surface area contributed by atoms with Crippen LogP contribution in [0, 0.1) is 11.8 Å². The molecule has 0 heterocycles. The average Bonchev–Trinajstić information content (AvgIpc) is 2.20. The predicted octanol–water partition coefficient (Wildman–Crippen LogP) is 3.61. The SMILES string of the molecule is CC(C)C(C)C(N)Cc1ccc(Br)cc1. The molecule has 0 aliphatic carbocycles. The molecule has 0 radical (unpaired) electrons. The van der Waals surface area contributed by atoms with Crippen molar-refractivity contribution in [2.45, 2.75) is 33.2 Å². The van der Waals surface area contributed by atoms with Crippen LogP contribution in [-0.4, -0.2) is 6.04 Å². The van der Waals surface area contributed by atoms with E-state index in [2.05, 4.69) is 61.0 Å². The molecule has 0 amide bonds. The van der Waals surface area contributed by atoms with Crippen molar-refractivity contribution in [3.63, 3.8) is 0 Å². The summed E-state index contributed by atoms with van der Waals surface area (Å²) < 4.78 is 1.12. The standard InChI is InChI=1S/C13H20BrN/c1-9(2)10(3)13(15)8-11-4-6-12(14)7-5-11/h4-7,9-10,13H,8,15H2,1-3H3. The third-order valence-corrected chi connectivity index (χ3v) is 3.64. The van der Waals surface area contributed by atoms with Crippen LogP contribution in [0.1, 0.15) is 26.3 Å². The zero-order chi connectivity index (χ0) is 11.4. The maximum absolute atomic E-state index is 6.18. The molecule has 0 spiro atoms. The Labute approximate surface area is 101 Å². The minimum atomic E-state index is 0.256. The van der Waals surface area contributed by atoms with Crippen LogP contribution in [0.2, 0.25) is 0 Å². The summed E-state index contributed by atoms with van der Waals surface area (Å²) in [5.41, 5.74) is 7.49. The minimum absolute atomic E-state index is 0.256. The molecule has 0 bridgehead atoms. The lowest BCUT2D eigenvalue weighted by atomic mass is 9.87. The lowest BCUT2D eigenvalue weighted by Crippen LogP contribution is -2.33. The smallest absolute Gasteiger partial charge is 0.0175 e. The van der Waals surface area contributed by atoms with E-state index >= 15 is 0 Å². The monoisotopic (exact) mass is 269 g/mol. The van der Waals surface area contributed by atoms with Gasteiger partial charge in [-0.3, -0.25) is 0 Å². The molecule has 0 saturated heterocycles. The summed E-state index contributed by atoms with van der Waals surface area (Å²) in [6.07, 6.45) is 0.965. The Balaban J connectivity index is 2.58. The summed E-state index contributed by atoms with van der Waals surface area (Å²) in [5.74, 6) is 1.21. The Kier molecular flexibility index (Phi) is 4.81. The van der Waals surface area contributed by atoms with Gasteiger partial charge in [-0.15, -0.1) is 0 Å². The lowest BCUT2D eigenvalue weighted by molar-refractivity contribution is 0.344. The second kappa shape index (κ2) is 5.66. The van der Waals surface area contributed by atoms with Crippen LogP contribution in [0.3, 0.4) is 0 Å². The molecular weight excluding hydrogens is 250 g/mol. The van der Waals surface area contributed by atoms with Gasteiger partial charge in [-0.05, 0) is 36.0 Å². The molecule has 1 aromatic carbocycles. The molecule has 1 aromatic rings. The summed E-state index contributed by atoms with van der Waals surface area (Å²) in [6.45, 7) is 6.69. The Hall–Kier alpha value is -0.340. The molecule has 2 N–H and O–H groups in total. The van der Waals surface area contributed by atoms with Crippen molar-refractivity contribution in [1.82, 2.24) is 0 Å². The number of halogens is 1. The van der Waals surface area contributed by atoms with Gasteiger partial charge in [0.05, 0.1) is 0 Å². The van der Waals surface area contributed by atoms with Gasteiger partial charge in [0.2, 0.25) is 0 Å². The van der Waals surface area contributed by atoms with E-state index in [9.17, 15) is 0 Å². The van der Waals surface area contributed by atoms with E-state index in [4.69, 9.17) is 5.73 Å². The highest BCUT2D eigenvalue weighted by molar-refractivity contribution is 9.10. The second-order valence-electron chi connectivity index (χ2n) is 4.60. The van der Waals surface area contributed by atoms with E-state index in [1.807, 2.05) is 0 Å². The highest BCUT2D eigenvalue weighted by Gasteiger charge is 2.16. The van der Waals surface area contributed by atoms with Crippen LogP contribution in [-0.2, 0) is 6.42 Å². The summed E-state index contributed by atoms with van der Waals surface area (Å²) in [5, 5.41) is 0. The summed E-state index contributed by atoms with van der Waals surface area (Å²) in [4.78, 5) is 0. The molecule has 1 nitrogen and oxygen atoms in total. The van der Waals surface area contributed by atoms with Crippen molar-refractivity contribution in [3.05, 3.63) is 34.3 Å². The normalized spacial score (nSPS) is 15.3.